The first-order valence-electron chi connectivity index (χ1n) is 10.8. The summed E-state index contributed by atoms with van der Waals surface area (Å²) < 4.78 is 5.53. The van der Waals surface area contributed by atoms with Gasteiger partial charge < -0.3 is 9.72 Å². The first-order chi connectivity index (χ1) is 14.2. The van der Waals surface area contributed by atoms with E-state index in [4.69, 9.17) is 4.74 Å². The Morgan fingerprint density at radius 3 is 2.69 bits per heavy atom. The first kappa shape index (κ1) is 18.4. The molecule has 2 aromatic carbocycles. The maximum atomic E-state index is 13.0. The predicted octanol–water partition coefficient (Wildman–Crippen LogP) is 4.82. The Labute approximate surface area is 171 Å². The van der Waals surface area contributed by atoms with Crippen molar-refractivity contribution >= 4 is 16.9 Å². The fourth-order valence-electron chi connectivity index (χ4n) is 5.65. The smallest absolute Gasteiger partial charge is 0.311 e. The minimum absolute atomic E-state index is 0.0604. The maximum absolute atomic E-state index is 13.0. The van der Waals surface area contributed by atoms with Crippen LogP contribution in [0, 0.1) is 5.92 Å². The van der Waals surface area contributed by atoms with E-state index in [1.807, 2.05) is 13.0 Å². The minimum Gasteiger partial charge on any atom is -0.466 e. The van der Waals surface area contributed by atoms with Crippen LogP contribution in [0.1, 0.15) is 49.0 Å². The molecule has 0 aliphatic carbocycles. The van der Waals surface area contributed by atoms with Crippen molar-refractivity contribution in [2.45, 2.75) is 44.7 Å². The minimum atomic E-state index is -0.139. The number of rotatable bonds is 3. The molecule has 5 rings (SSSR count). The van der Waals surface area contributed by atoms with Crippen molar-refractivity contribution in [3.8, 4) is 0 Å². The van der Waals surface area contributed by atoms with Crippen molar-refractivity contribution in [1.82, 2.24) is 9.88 Å². The quantitative estimate of drug-likeness (QED) is 0.654. The van der Waals surface area contributed by atoms with Crippen LogP contribution in [0.4, 0.5) is 0 Å². The van der Waals surface area contributed by atoms with E-state index in [1.165, 1.54) is 27.7 Å². The summed E-state index contributed by atoms with van der Waals surface area (Å²) in [7, 11) is 0. The Hall–Kier alpha value is -2.59. The number of fused-ring (bicyclic) bond motifs is 5. The highest BCUT2D eigenvalue weighted by molar-refractivity contribution is 5.85. The number of nitrogens with one attached hydrogen (secondary N) is 1. The number of nitrogens with zero attached hydrogens (tertiary/aromatic N) is 1. The summed E-state index contributed by atoms with van der Waals surface area (Å²) in [5, 5.41) is 1.35. The second-order valence-corrected chi connectivity index (χ2v) is 8.34. The average molecular weight is 389 g/mol. The third-order valence-electron chi connectivity index (χ3n) is 6.94. The van der Waals surface area contributed by atoms with Crippen LogP contribution in [0.25, 0.3) is 10.9 Å². The molecule has 1 saturated heterocycles. The molecule has 4 nitrogen and oxygen atoms in total. The van der Waals surface area contributed by atoms with Crippen LogP contribution < -0.4 is 0 Å². The monoisotopic (exact) mass is 388 g/mol. The number of hydrogen-bond acceptors (Lipinski definition) is 3. The highest BCUT2D eigenvalue weighted by atomic mass is 16.5. The molecule has 1 fully saturated rings. The van der Waals surface area contributed by atoms with E-state index < -0.39 is 0 Å². The molecule has 4 atom stereocenters. The Morgan fingerprint density at radius 2 is 1.90 bits per heavy atom. The van der Waals surface area contributed by atoms with E-state index in [1.54, 1.807) is 0 Å². The summed E-state index contributed by atoms with van der Waals surface area (Å²) in [6, 6.07) is 19.6. The van der Waals surface area contributed by atoms with Gasteiger partial charge >= 0.3 is 5.97 Å². The molecule has 2 aliphatic rings. The van der Waals surface area contributed by atoms with Gasteiger partial charge in [0.1, 0.15) is 0 Å². The average Bonchev–Trinajstić information content (AvgIpc) is 3.13. The van der Waals surface area contributed by atoms with Gasteiger partial charge in [0.15, 0.2) is 0 Å². The van der Waals surface area contributed by atoms with Gasteiger partial charge in [-0.1, -0.05) is 48.5 Å². The van der Waals surface area contributed by atoms with Gasteiger partial charge in [0.2, 0.25) is 0 Å². The molecule has 0 spiro atoms. The Bertz CT molecular complexity index is 1030. The van der Waals surface area contributed by atoms with Crippen molar-refractivity contribution in [3.63, 3.8) is 0 Å². The summed E-state index contributed by atoms with van der Waals surface area (Å²) in [5.41, 5.74) is 5.25. The summed E-state index contributed by atoms with van der Waals surface area (Å²) in [4.78, 5) is 19.2. The zero-order valence-corrected chi connectivity index (χ0v) is 17.1. The summed E-state index contributed by atoms with van der Waals surface area (Å²) in [5.74, 6) is -0.0434. The second-order valence-electron chi connectivity index (χ2n) is 8.34. The molecule has 1 aromatic heterocycles. The molecule has 4 heteroatoms. The number of piperidine rings is 1. The van der Waals surface area contributed by atoms with Crippen molar-refractivity contribution in [2.75, 3.05) is 13.2 Å². The molecule has 0 amide bonds. The number of esters is 1. The lowest BCUT2D eigenvalue weighted by Gasteiger charge is -2.50. The normalized spacial score (nSPS) is 26.7. The number of para-hydroxylation sites is 1. The summed E-state index contributed by atoms with van der Waals surface area (Å²) in [6.07, 6.45) is 1.95. The highest BCUT2D eigenvalue weighted by Gasteiger charge is 2.48. The van der Waals surface area contributed by atoms with Crippen LogP contribution in [-0.4, -0.2) is 35.0 Å². The van der Waals surface area contributed by atoms with E-state index >= 15 is 0 Å². The van der Waals surface area contributed by atoms with Crippen LogP contribution in [0.2, 0.25) is 0 Å². The molecule has 2 aliphatic heterocycles. The van der Waals surface area contributed by atoms with Crippen LogP contribution in [0.15, 0.2) is 54.6 Å². The van der Waals surface area contributed by atoms with Gasteiger partial charge in [0.25, 0.3) is 0 Å². The molecule has 3 aromatic rings. The first-order valence-corrected chi connectivity index (χ1v) is 10.8. The van der Waals surface area contributed by atoms with Gasteiger partial charge in [0, 0.05) is 35.1 Å². The zero-order chi connectivity index (χ0) is 20.0. The molecule has 150 valence electrons. The number of ether oxygens (including phenoxy) is 1. The maximum Gasteiger partial charge on any atom is 0.311 e. The lowest BCUT2D eigenvalue weighted by Crippen LogP contribution is -2.53. The van der Waals surface area contributed by atoms with Crippen molar-refractivity contribution in [2.24, 2.45) is 5.92 Å². The van der Waals surface area contributed by atoms with E-state index in [0.29, 0.717) is 12.6 Å². The Morgan fingerprint density at radius 1 is 1.14 bits per heavy atom. The Balaban J connectivity index is 1.59. The van der Waals surface area contributed by atoms with E-state index in [-0.39, 0.29) is 23.8 Å². The van der Waals surface area contributed by atoms with Crippen molar-refractivity contribution in [1.29, 1.82) is 0 Å². The van der Waals surface area contributed by atoms with E-state index in [2.05, 4.69) is 65.3 Å². The largest absolute Gasteiger partial charge is 0.466 e. The number of aromatic amines is 1. The molecular weight excluding hydrogens is 360 g/mol. The predicted molar refractivity (Wildman–Crippen MR) is 115 cm³/mol. The van der Waals surface area contributed by atoms with Crippen molar-refractivity contribution < 1.29 is 9.53 Å². The molecule has 0 radical (unpaired) electrons. The van der Waals surface area contributed by atoms with Gasteiger partial charge in [0.05, 0.1) is 18.6 Å². The number of carbonyl (C=O) groups excluding carboxylic acids is 1. The number of carbonyl (C=O) groups is 1. The topological polar surface area (TPSA) is 45.3 Å². The standard InChI is InChI=1S/C25H28N2O2/c1-3-29-25(28)23-16(2)27-14-13-19-18-11-7-8-12-21(18)26-24(19)22(27)15-20(23)17-9-5-4-6-10-17/h4-12,16,20,22-23,26H,3,13-15H2,1-2H3/t16-,20-,22-,23+/m1/s1. The van der Waals surface area contributed by atoms with Gasteiger partial charge in [-0.25, -0.2) is 0 Å². The van der Waals surface area contributed by atoms with Gasteiger partial charge in [-0.15, -0.1) is 0 Å². The van der Waals surface area contributed by atoms with Crippen LogP contribution in [-0.2, 0) is 16.0 Å². The zero-order valence-electron chi connectivity index (χ0n) is 17.1. The lowest BCUT2D eigenvalue weighted by molar-refractivity contribution is -0.154. The molecule has 0 unspecified atom stereocenters. The highest BCUT2D eigenvalue weighted by Crippen LogP contribution is 2.49. The molecule has 3 heterocycles. The SMILES string of the molecule is CCOC(=O)[C@@H]1[C@@H](c2ccccc2)C[C@@H]2c3[nH]c4ccccc4c3CCN2[C@@H]1C. The van der Waals surface area contributed by atoms with Gasteiger partial charge in [-0.2, -0.15) is 0 Å². The molecule has 0 bridgehead atoms. The second kappa shape index (κ2) is 7.34. The molecule has 0 saturated carbocycles. The van der Waals surface area contributed by atoms with Crippen LogP contribution in [0.3, 0.4) is 0 Å². The van der Waals surface area contributed by atoms with Gasteiger partial charge in [-0.05, 0) is 43.9 Å². The molecular formula is C25H28N2O2. The Kier molecular flexibility index (Phi) is 4.67. The van der Waals surface area contributed by atoms with Gasteiger partial charge in [-0.3, -0.25) is 9.69 Å². The number of hydrogen-bond donors (Lipinski definition) is 1. The number of aromatic nitrogens is 1. The van der Waals surface area contributed by atoms with E-state index in [9.17, 15) is 4.79 Å². The van der Waals surface area contributed by atoms with Crippen LogP contribution >= 0.6 is 0 Å². The third-order valence-corrected chi connectivity index (χ3v) is 6.94. The summed E-state index contributed by atoms with van der Waals surface area (Å²) in [6.45, 7) is 5.51. The fourth-order valence-corrected chi connectivity index (χ4v) is 5.65. The van der Waals surface area contributed by atoms with E-state index in [0.717, 1.165) is 19.4 Å². The van der Waals surface area contributed by atoms with Crippen molar-refractivity contribution in [3.05, 3.63) is 71.4 Å². The molecule has 29 heavy (non-hydrogen) atoms. The van der Waals surface area contributed by atoms with Crippen LogP contribution in [0.5, 0.6) is 0 Å². The lowest BCUT2D eigenvalue weighted by atomic mass is 9.71. The third kappa shape index (κ3) is 2.98. The molecule has 1 N–H and O–H groups in total. The number of benzene rings is 2. The number of H-pyrrole nitrogens is 1. The fraction of sp³-hybridized carbons (Fsp3) is 0.400. The summed E-state index contributed by atoms with van der Waals surface area (Å²) >= 11 is 0.